The molecule has 0 aliphatic carbocycles. The van der Waals surface area contributed by atoms with Crippen molar-refractivity contribution in [2.45, 2.75) is 13.2 Å². The normalized spacial score (nSPS) is 10.4. The van der Waals surface area contributed by atoms with Crippen LogP contribution < -0.4 is 10.1 Å². The highest BCUT2D eigenvalue weighted by Gasteiger charge is 2.11. The number of nitro benzene ring substituents is 1. The predicted molar refractivity (Wildman–Crippen MR) is 98.8 cm³/mol. The molecule has 138 valence electrons. The highest BCUT2D eigenvalue weighted by Crippen LogP contribution is 2.29. The van der Waals surface area contributed by atoms with Crippen LogP contribution in [-0.4, -0.2) is 10.8 Å². The van der Waals surface area contributed by atoms with Crippen molar-refractivity contribution in [2.75, 3.05) is 0 Å². The van der Waals surface area contributed by atoms with E-state index in [4.69, 9.17) is 20.8 Å². The molecule has 0 saturated carbocycles. The minimum Gasteiger partial charge on any atom is -0.487 e. The summed E-state index contributed by atoms with van der Waals surface area (Å²) in [4.78, 5) is 22.5. The van der Waals surface area contributed by atoms with E-state index < -0.39 is 4.92 Å². The Labute approximate surface area is 159 Å². The fraction of sp³-hybridized carbons (Fsp3) is 0.105. The first kappa shape index (κ1) is 18.5. The fourth-order valence-electron chi connectivity index (χ4n) is 2.37. The molecule has 0 atom stereocenters. The first-order chi connectivity index (χ1) is 13.0. The SMILES string of the molecule is O=C(NCc1ccco1)c1cccc(COc2ccc([N+](=O)[O-])cc2Cl)c1. The number of non-ortho nitro benzene ring substituents is 1. The van der Waals surface area contributed by atoms with Crippen LogP contribution in [0.3, 0.4) is 0 Å². The lowest BCUT2D eigenvalue weighted by Gasteiger charge is -2.09. The molecule has 1 N–H and O–H groups in total. The van der Waals surface area contributed by atoms with E-state index in [2.05, 4.69) is 5.32 Å². The summed E-state index contributed by atoms with van der Waals surface area (Å²) in [7, 11) is 0. The zero-order valence-electron chi connectivity index (χ0n) is 14.1. The molecule has 1 amide bonds. The highest BCUT2D eigenvalue weighted by atomic mass is 35.5. The Kier molecular flexibility index (Phi) is 5.73. The van der Waals surface area contributed by atoms with Gasteiger partial charge in [0.2, 0.25) is 0 Å². The van der Waals surface area contributed by atoms with E-state index in [1.807, 2.05) is 6.07 Å². The number of furan rings is 1. The Morgan fingerprint density at radius 2 is 2.04 bits per heavy atom. The number of hydrogen-bond acceptors (Lipinski definition) is 5. The number of ether oxygens (including phenoxy) is 1. The first-order valence-corrected chi connectivity index (χ1v) is 8.37. The first-order valence-electron chi connectivity index (χ1n) is 7.99. The maximum atomic E-state index is 12.2. The third kappa shape index (κ3) is 4.86. The third-order valence-electron chi connectivity index (χ3n) is 3.71. The number of amides is 1. The lowest BCUT2D eigenvalue weighted by atomic mass is 10.1. The van der Waals surface area contributed by atoms with Crippen LogP contribution >= 0.6 is 11.6 Å². The molecule has 0 fully saturated rings. The summed E-state index contributed by atoms with van der Waals surface area (Å²) in [6.45, 7) is 0.460. The smallest absolute Gasteiger partial charge is 0.271 e. The number of carbonyl (C=O) groups excluding carboxylic acids is 1. The maximum absolute atomic E-state index is 12.2. The molecule has 2 aromatic carbocycles. The number of nitro groups is 1. The zero-order valence-corrected chi connectivity index (χ0v) is 14.8. The van der Waals surface area contributed by atoms with Gasteiger partial charge in [-0.2, -0.15) is 0 Å². The van der Waals surface area contributed by atoms with E-state index in [0.717, 1.165) is 5.56 Å². The number of nitrogens with zero attached hydrogens (tertiary/aromatic N) is 1. The lowest BCUT2D eigenvalue weighted by molar-refractivity contribution is -0.384. The van der Waals surface area contributed by atoms with E-state index in [0.29, 0.717) is 23.6 Å². The summed E-state index contributed by atoms with van der Waals surface area (Å²) in [5, 5.41) is 13.7. The average molecular weight is 387 g/mol. The van der Waals surface area contributed by atoms with Crippen molar-refractivity contribution in [1.82, 2.24) is 5.32 Å². The molecule has 0 unspecified atom stereocenters. The van der Waals surface area contributed by atoms with Crippen LogP contribution in [0, 0.1) is 10.1 Å². The quantitative estimate of drug-likeness (QED) is 0.481. The molecule has 1 heterocycles. The molecule has 0 radical (unpaired) electrons. The fourth-order valence-corrected chi connectivity index (χ4v) is 2.60. The van der Waals surface area contributed by atoms with Crippen LogP contribution in [0.15, 0.2) is 65.3 Å². The summed E-state index contributed by atoms with van der Waals surface area (Å²) in [5.41, 5.74) is 1.13. The molecule has 0 aliphatic heterocycles. The van der Waals surface area contributed by atoms with Crippen molar-refractivity contribution >= 4 is 23.2 Å². The van der Waals surface area contributed by atoms with Crippen molar-refractivity contribution in [3.05, 3.63) is 92.9 Å². The Morgan fingerprint density at radius 1 is 1.19 bits per heavy atom. The van der Waals surface area contributed by atoms with E-state index in [1.165, 1.54) is 18.2 Å². The van der Waals surface area contributed by atoms with Crippen molar-refractivity contribution in [2.24, 2.45) is 0 Å². The van der Waals surface area contributed by atoms with Gasteiger partial charge in [0.05, 0.1) is 22.8 Å². The van der Waals surface area contributed by atoms with Crippen LogP contribution in [0.5, 0.6) is 5.75 Å². The molecule has 7 nitrogen and oxygen atoms in total. The second kappa shape index (κ2) is 8.37. The van der Waals surface area contributed by atoms with Gasteiger partial charge in [-0.15, -0.1) is 0 Å². The number of nitrogens with one attached hydrogen (secondary N) is 1. The minimum absolute atomic E-state index is 0.109. The van der Waals surface area contributed by atoms with Crippen LogP contribution in [0.4, 0.5) is 5.69 Å². The number of carbonyl (C=O) groups is 1. The molecule has 8 heteroatoms. The highest BCUT2D eigenvalue weighted by molar-refractivity contribution is 6.32. The minimum atomic E-state index is -0.527. The Hall–Kier alpha value is -3.32. The second-order valence-corrected chi connectivity index (χ2v) is 6.03. The average Bonchev–Trinajstić information content (AvgIpc) is 3.19. The standard InChI is InChI=1S/C19H15ClN2O5/c20-17-10-15(22(24)25)6-7-18(17)27-12-13-3-1-4-14(9-13)19(23)21-11-16-5-2-8-26-16/h1-10H,11-12H2,(H,21,23). The molecule has 3 aromatic rings. The molecule has 0 aliphatic rings. The zero-order chi connectivity index (χ0) is 19.2. The van der Waals surface area contributed by atoms with Gasteiger partial charge in [-0.25, -0.2) is 0 Å². The molecule has 0 bridgehead atoms. The number of benzene rings is 2. The van der Waals surface area contributed by atoms with Gasteiger partial charge in [-0.1, -0.05) is 23.7 Å². The van der Waals surface area contributed by atoms with Crippen LogP contribution in [0.25, 0.3) is 0 Å². The van der Waals surface area contributed by atoms with Crippen molar-refractivity contribution in [3.8, 4) is 5.75 Å². The van der Waals surface area contributed by atoms with Crippen LogP contribution in [0.2, 0.25) is 5.02 Å². The van der Waals surface area contributed by atoms with Gasteiger partial charge in [0.25, 0.3) is 11.6 Å². The molecule has 27 heavy (non-hydrogen) atoms. The van der Waals surface area contributed by atoms with Crippen molar-refractivity contribution < 1.29 is 18.9 Å². The van der Waals surface area contributed by atoms with Gasteiger partial charge < -0.3 is 14.5 Å². The maximum Gasteiger partial charge on any atom is 0.271 e. The van der Waals surface area contributed by atoms with Crippen molar-refractivity contribution in [1.29, 1.82) is 0 Å². The third-order valence-corrected chi connectivity index (χ3v) is 4.01. The summed E-state index contributed by atoms with van der Waals surface area (Å²) in [5.74, 6) is 0.757. The monoisotopic (exact) mass is 386 g/mol. The largest absolute Gasteiger partial charge is 0.487 e. The summed E-state index contributed by atoms with van der Waals surface area (Å²) in [6.07, 6.45) is 1.54. The molecule has 1 aromatic heterocycles. The van der Waals surface area contributed by atoms with E-state index in [9.17, 15) is 14.9 Å². The molecule has 0 saturated heterocycles. The van der Waals surface area contributed by atoms with E-state index in [-0.39, 0.29) is 23.2 Å². The predicted octanol–water partition coefficient (Wildman–Crippen LogP) is 4.35. The lowest BCUT2D eigenvalue weighted by Crippen LogP contribution is -2.22. The Bertz CT molecular complexity index is 956. The van der Waals surface area contributed by atoms with Crippen LogP contribution in [-0.2, 0) is 13.2 Å². The van der Waals surface area contributed by atoms with Gasteiger partial charge >= 0.3 is 0 Å². The molecule has 3 rings (SSSR count). The van der Waals surface area contributed by atoms with Gasteiger partial charge in [-0.05, 0) is 35.9 Å². The van der Waals surface area contributed by atoms with Crippen LogP contribution in [0.1, 0.15) is 21.7 Å². The number of hydrogen-bond donors (Lipinski definition) is 1. The topological polar surface area (TPSA) is 94.6 Å². The number of rotatable bonds is 7. The summed E-state index contributed by atoms with van der Waals surface area (Å²) < 4.78 is 10.8. The van der Waals surface area contributed by atoms with Crippen molar-refractivity contribution in [3.63, 3.8) is 0 Å². The van der Waals surface area contributed by atoms with Gasteiger partial charge in [-0.3, -0.25) is 14.9 Å². The Balaban J connectivity index is 1.62. The Morgan fingerprint density at radius 3 is 2.74 bits per heavy atom. The molecular formula is C19H15ClN2O5. The van der Waals surface area contributed by atoms with Gasteiger partial charge in [0.1, 0.15) is 18.1 Å². The van der Waals surface area contributed by atoms with E-state index >= 15 is 0 Å². The summed E-state index contributed by atoms with van der Waals surface area (Å²) in [6, 6.07) is 14.5. The molecular weight excluding hydrogens is 372 g/mol. The van der Waals surface area contributed by atoms with E-state index in [1.54, 1.807) is 36.6 Å². The molecule has 0 spiro atoms. The summed E-state index contributed by atoms with van der Waals surface area (Å²) >= 11 is 6.01. The second-order valence-electron chi connectivity index (χ2n) is 5.62. The van der Waals surface area contributed by atoms with Gasteiger partial charge in [0, 0.05) is 17.7 Å². The number of halogens is 1. The van der Waals surface area contributed by atoms with Gasteiger partial charge in [0.15, 0.2) is 0 Å².